The Labute approximate surface area is 166 Å². The minimum Gasteiger partial charge on any atom is -0.494 e. The molecule has 1 amide bonds. The summed E-state index contributed by atoms with van der Waals surface area (Å²) in [7, 11) is 3.47. The van der Waals surface area contributed by atoms with Gasteiger partial charge >= 0.3 is 0 Å². The second-order valence-corrected chi connectivity index (χ2v) is 6.71. The van der Waals surface area contributed by atoms with E-state index in [0.29, 0.717) is 17.3 Å². The van der Waals surface area contributed by atoms with Crippen LogP contribution >= 0.6 is 12.2 Å². The first kappa shape index (κ1) is 20.7. The average Bonchev–Trinajstić information content (AvgIpc) is 2.66. The van der Waals surface area contributed by atoms with Crippen LogP contribution in [0.2, 0.25) is 0 Å². The predicted molar refractivity (Wildman–Crippen MR) is 115 cm³/mol. The zero-order valence-corrected chi connectivity index (χ0v) is 16.9. The van der Waals surface area contributed by atoms with Gasteiger partial charge in [-0.15, -0.1) is 0 Å². The van der Waals surface area contributed by atoms with Crippen LogP contribution in [0.4, 0.5) is 5.69 Å². The number of nitrogens with one attached hydrogen (secondary N) is 2. The molecule has 144 valence electrons. The first-order valence-electron chi connectivity index (χ1n) is 9.08. The number of aryl methyl sites for hydroxylation is 1. The number of anilines is 1. The molecule has 2 aromatic rings. The molecule has 0 aliphatic rings. The number of carbonyl (C=O) groups excluding carboxylic acids is 1. The van der Waals surface area contributed by atoms with E-state index in [1.54, 1.807) is 31.1 Å². The molecule has 5 nitrogen and oxygen atoms in total. The number of hydrogen-bond donors (Lipinski definition) is 2. The highest BCUT2D eigenvalue weighted by Gasteiger charge is 2.07. The lowest BCUT2D eigenvalue weighted by Crippen LogP contribution is -2.29. The Bertz CT molecular complexity index is 760. The smallest absolute Gasteiger partial charge is 0.253 e. The van der Waals surface area contributed by atoms with E-state index in [1.165, 1.54) is 5.56 Å². The number of amides is 1. The van der Waals surface area contributed by atoms with Gasteiger partial charge in [0.05, 0.1) is 6.61 Å². The van der Waals surface area contributed by atoms with Crippen LogP contribution in [0, 0.1) is 0 Å². The first-order valence-corrected chi connectivity index (χ1v) is 9.49. The molecule has 0 aliphatic carbocycles. The molecule has 2 rings (SSSR count). The summed E-state index contributed by atoms with van der Waals surface area (Å²) in [5, 5.41) is 6.92. The molecule has 0 saturated heterocycles. The van der Waals surface area contributed by atoms with Gasteiger partial charge in [-0.2, -0.15) is 0 Å². The van der Waals surface area contributed by atoms with Crippen molar-refractivity contribution in [3.63, 3.8) is 0 Å². The van der Waals surface area contributed by atoms with Gasteiger partial charge in [-0.05, 0) is 67.9 Å². The number of para-hydroxylation sites is 1. The van der Waals surface area contributed by atoms with Crippen LogP contribution in [0.25, 0.3) is 0 Å². The molecule has 2 N–H and O–H groups in total. The molecule has 0 radical (unpaired) electrons. The van der Waals surface area contributed by atoms with Crippen LogP contribution in [0.1, 0.15) is 29.3 Å². The highest BCUT2D eigenvalue weighted by atomic mass is 32.1. The molecule has 0 aromatic heterocycles. The lowest BCUT2D eigenvalue weighted by molar-refractivity contribution is 0.0827. The van der Waals surface area contributed by atoms with Crippen LogP contribution in [-0.2, 0) is 6.42 Å². The van der Waals surface area contributed by atoms with Crippen molar-refractivity contribution in [3.8, 4) is 5.75 Å². The lowest BCUT2D eigenvalue weighted by atomic mass is 10.1. The first-order chi connectivity index (χ1) is 13.0. The standard InChI is InChI=1S/C21H27N3O2S/c1-4-26-19-10-6-5-8-16(19)9-7-15-22-21(27)23-18-13-11-17(12-14-18)20(25)24(2)3/h5-6,8,10-14H,4,7,9,15H2,1-3H3,(H2,22,23,27). The number of benzene rings is 2. The Hall–Kier alpha value is -2.60. The van der Waals surface area contributed by atoms with Gasteiger partial charge in [-0.25, -0.2) is 0 Å². The van der Waals surface area contributed by atoms with Gasteiger partial charge in [0, 0.05) is 31.9 Å². The number of hydrogen-bond acceptors (Lipinski definition) is 3. The normalized spacial score (nSPS) is 10.2. The molecule has 2 aromatic carbocycles. The zero-order valence-electron chi connectivity index (χ0n) is 16.1. The molecular formula is C21H27N3O2S. The van der Waals surface area contributed by atoms with Gasteiger partial charge in [-0.1, -0.05) is 18.2 Å². The molecule has 0 bridgehead atoms. The highest BCUT2D eigenvalue weighted by Crippen LogP contribution is 2.19. The summed E-state index contributed by atoms with van der Waals surface area (Å²) < 4.78 is 5.65. The fourth-order valence-electron chi connectivity index (χ4n) is 2.62. The molecule has 0 unspecified atom stereocenters. The number of nitrogens with zero attached hydrogens (tertiary/aromatic N) is 1. The van der Waals surface area contributed by atoms with Crippen LogP contribution in [0.15, 0.2) is 48.5 Å². The van der Waals surface area contributed by atoms with E-state index in [-0.39, 0.29) is 5.91 Å². The Kier molecular flexibility index (Phi) is 8.07. The Morgan fingerprint density at radius 1 is 1.11 bits per heavy atom. The SMILES string of the molecule is CCOc1ccccc1CCCNC(=S)Nc1ccc(C(=O)N(C)C)cc1. The predicted octanol–water partition coefficient (Wildman–Crippen LogP) is 3.71. The van der Waals surface area contributed by atoms with Crippen LogP contribution in [0.3, 0.4) is 0 Å². The van der Waals surface area contributed by atoms with Crippen LogP contribution in [0.5, 0.6) is 5.75 Å². The van der Waals surface area contributed by atoms with Crippen molar-refractivity contribution < 1.29 is 9.53 Å². The van der Waals surface area contributed by atoms with Crippen molar-refractivity contribution in [2.24, 2.45) is 0 Å². The number of rotatable bonds is 8. The fourth-order valence-corrected chi connectivity index (χ4v) is 2.84. The van der Waals surface area contributed by atoms with Gasteiger partial charge in [0.1, 0.15) is 5.75 Å². The zero-order chi connectivity index (χ0) is 19.6. The summed E-state index contributed by atoms with van der Waals surface area (Å²) in [6.07, 6.45) is 1.87. The number of ether oxygens (including phenoxy) is 1. The maximum absolute atomic E-state index is 11.9. The molecule has 0 heterocycles. The average molecular weight is 386 g/mol. The van der Waals surface area contributed by atoms with Gasteiger partial charge in [0.25, 0.3) is 5.91 Å². The molecule has 0 saturated carbocycles. The van der Waals surface area contributed by atoms with Crippen molar-refractivity contribution >= 4 is 28.9 Å². The van der Waals surface area contributed by atoms with Gasteiger partial charge in [0.15, 0.2) is 5.11 Å². The maximum atomic E-state index is 11.9. The second-order valence-electron chi connectivity index (χ2n) is 6.30. The molecule has 0 spiro atoms. The third-order valence-corrected chi connectivity index (χ3v) is 4.22. The molecule has 0 atom stereocenters. The Balaban J connectivity index is 1.76. The monoisotopic (exact) mass is 385 g/mol. The summed E-state index contributed by atoms with van der Waals surface area (Å²) in [6.45, 7) is 3.43. The minimum absolute atomic E-state index is 0.0189. The van der Waals surface area contributed by atoms with E-state index in [0.717, 1.165) is 30.8 Å². The lowest BCUT2D eigenvalue weighted by Gasteiger charge is -2.13. The van der Waals surface area contributed by atoms with Gasteiger partial charge in [0.2, 0.25) is 0 Å². The van der Waals surface area contributed by atoms with E-state index in [1.807, 2.05) is 37.3 Å². The molecular weight excluding hydrogens is 358 g/mol. The van der Waals surface area contributed by atoms with Gasteiger partial charge < -0.3 is 20.3 Å². The summed E-state index contributed by atoms with van der Waals surface area (Å²) in [6, 6.07) is 15.4. The van der Waals surface area contributed by atoms with E-state index < -0.39 is 0 Å². The second kappa shape index (κ2) is 10.5. The van der Waals surface area contributed by atoms with E-state index >= 15 is 0 Å². The van der Waals surface area contributed by atoms with E-state index in [4.69, 9.17) is 17.0 Å². The molecule has 6 heteroatoms. The summed E-state index contributed by atoms with van der Waals surface area (Å²) >= 11 is 5.34. The maximum Gasteiger partial charge on any atom is 0.253 e. The summed E-state index contributed by atoms with van der Waals surface area (Å²) in [4.78, 5) is 13.4. The number of carbonyl (C=O) groups is 1. The van der Waals surface area contributed by atoms with Crippen LogP contribution < -0.4 is 15.4 Å². The number of thiocarbonyl (C=S) groups is 1. The molecule has 0 fully saturated rings. The fraction of sp³-hybridized carbons (Fsp3) is 0.333. The van der Waals surface area contributed by atoms with Gasteiger partial charge in [-0.3, -0.25) is 4.79 Å². The van der Waals surface area contributed by atoms with Crippen molar-refractivity contribution in [2.75, 3.05) is 32.6 Å². The van der Waals surface area contributed by atoms with Crippen molar-refractivity contribution in [1.29, 1.82) is 0 Å². The van der Waals surface area contributed by atoms with Crippen molar-refractivity contribution in [1.82, 2.24) is 10.2 Å². The van der Waals surface area contributed by atoms with Crippen LogP contribution in [-0.4, -0.2) is 43.2 Å². The largest absolute Gasteiger partial charge is 0.494 e. The Morgan fingerprint density at radius 2 is 1.81 bits per heavy atom. The third-order valence-electron chi connectivity index (χ3n) is 3.98. The van der Waals surface area contributed by atoms with E-state index in [2.05, 4.69) is 16.7 Å². The van der Waals surface area contributed by atoms with E-state index in [9.17, 15) is 4.79 Å². The Morgan fingerprint density at radius 3 is 2.48 bits per heavy atom. The summed E-state index contributed by atoms with van der Waals surface area (Å²) in [5.41, 5.74) is 2.71. The molecule has 0 aliphatic heterocycles. The molecule has 27 heavy (non-hydrogen) atoms. The summed E-state index contributed by atoms with van der Waals surface area (Å²) in [5.74, 6) is 0.933. The topological polar surface area (TPSA) is 53.6 Å². The quantitative estimate of drug-likeness (QED) is 0.536. The third kappa shape index (κ3) is 6.57. The highest BCUT2D eigenvalue weighted by molar-refractivity contribution is 7.80. The minimum atomic E-state index is -0.0189. The van der Waals surface area contributed by atoms with Crippen molar-refractivity contribution in [3.05, 3.63) is 59.7 Å². The van der Waals surface area contributed by atoms with Crippen molar-refractivity contribution in [2.45, 2.75) is 19.8 Å².